The van der Waals surface area contributed by atoms with Crippen LogP contribution in [-0.2, 0) is 24.2 Å². The standard InChI is InChI=1S/C11H14Cl2N2O5S2/c1-7(2)21(16,17)6-11(14)15-20-22(18,19)10-5-8(12)3-4-9(10)13/h3-5,7H,6H2,1-2H3,(H2,14,15). The zero-order chi connectivity index (χ0) is 17.1. The van der Waals surface area contributed by atoms with Gasteiger partial charge in [-0.15, -0.1) is 0 Å². The summed E-state index contributed by atoms with van der Waals surface area (Å²) in [6.45, 7) is 2.93. The largest absolute Gasteiger partial charge is 0.384 e. The Morgan fingerprint density at radius 2 is 1.86 bits per heavy atom. The van der Waals surface area contributed by atoms with Crippen molar-refractivity contribution in [1.29, 1.82) is 0 Å². The Morgan fingerprint density at radius 3 is 2.41 bits per heavy atom. The van der Waals surface area contributed by atoms with E-state index in [1.165, 1.54) is 26.0 Å². The molecule has 0 saturated heterocycles. The fraction of sp³-hybridized carbons (Fsp3) is 0.364. The molecule has 2 N–H and O–H groups in total. The van der Waals surface area contributed by atoms with Crippen molar-refractivity contribution in [2.75, 3.05) is 5.75 Å². The van der Waals surface area contributed by atoms with E-state index in [4.69, 9.17) is 28.9 Å². The number of halogens is 2. The monoisotopic (exact) mass is 388 g/mol. The van der Waals surface area contributed by atoms with E-state index in [2.05, 4.69) is 9.44 Å². The van der Waals surface area contributed by atoms with Gasteiger partial charge >= 0.3 is 10.1 Å². The summed E-state index contributed by atoms with van der Waals surface area (Å²) in [5.41, 5.74) is 5.37. The van der Waals surface area contributed by atoms with Gasteiger partial charge in [0.05, 0.1) is 10.3 Å². The lowest BCUT2D eigenvalue weighted by Gasteiger charge is -2.07. The van der Waals surface area contributed by atoms with Crippen molar-refractivity contribution >= 4 is 49.0 Å². The van der Waals surface area contributed by atoms with Crippen LogP contribution in [0.1, 0.15) is 13.8 Å². The molecule has 0 aliphatic carbocycles. The minimum Gasteiger partial charge on any atom is -0.384 e. The normalized spacial score (nSPS) is 13.4. The van der Waals surface area contributed by atoms with Gasteiger partial charge in [-0.25, -0.2) is 8.42 Å². The fourth-order valence-electron chi connectivity index (χ4n) is 1.21. The third kappa shape index (κ3) is 5.01. The summed E-state index contributed by atoms with van der Waals surface area (Å²) in [5, 5.41) is 2.47. The number of rotatable bonds is 6. The van der Waals surface area contributed by atoms with Gasteiger partial charge in [0.15, 0.2) is 15.7 Å². The van der Waals surface area contributed by atoms with Crippen LogP contribution in [0.15, 0.2) is 28.3 Å². The molecule has 0 heterocycles. The highest BCUT2D eigenvalue weighted by Gasteiger charge is 2.22. The van der Waals surface area contributed by atoms with E-state index in [-0.39, 0.29) is 10.0 Å². The Balaban J connectivity index is 2.99. The van der Waals surface area contributed by atoms with Crippen molar-refractivity contribution in [2.45, 2.75) is 24.0 Å². The first-order chi connectivity index (χ1) is 9.95. The van der Waals surface area contributed by atoms with E-state index in [1.54, 1.807) is 0 Å². The molecule has 0 spiro atoms. The molecule has 0 atom stereocenters. The molecule has 0 radical (unpaired) electrons. The maximum Gasteiger partial charge on any atom is 0.360 e. The van der Waals surface area contributed by atoms with Gasteiger partial charge in [0.1, 0.15) is 10.6 Å². The first kappa shape index (κ1) is 19.0. The molecule has 1 aromatic rings. The quantitative estimate of drug-likeness (QED) is 0.451. The van der Waals surface area contributed by atoms with Crippen molar-refractivity contribution in [3.05, 3.63) is 28.2 Å². The van der Waals surface area contributed by atoms with Crippen LogP contribution in [0, 0.1) is 0 Å². The maximum atomic E-state index is 11.9. The van der Waals surface area contributed by atoms with E-state index in [9.17, 15) is 16.8 Å². The lowest BCUT2D eigenvalue weighted by atomic mass is 10.4. The minimum absolute atomic E-state index is 0.118. The Morgan fingerprint density at radius 1 is 1.27 bits per heavy atom. The molecular weight excluding hydrogens is 375 g/mol. The molecule has 0 unspecified atom stereocenters. The van der Waals surface area contributed by atoms with Crippen LogP contribution < -0.4 is 5.73 Å². The number of nitrogens with two attached hydrogens (primary N) is 1. The van der Waals surface area contributed by atoms with Crippen LogP contribution in [0.25, 0.3) is 0 Å². The Hall–Kier alpha value is -1.03. The molecule has 22 heavy (non-hydrogen) atoms. The van der Waals surface area contributed by atoms with Gasteiger partial charge in [-0.3, -0.25) is 4.28 Å². The van der Waals surface area contributed by atoms with Crippen molar-refractivity contribution in [3.63, 3.8) is 0 Å². The first-order valence-corrected chi connectivity index (χ1v) is 9.76. The topological polar surface area (TPSA) is 116 Å². The lowest BCUT2D eigenvalue weighted by Crippen LogP contribution is -2.29. The zero-order valence-electron chi connectivity index (χ0n) is 11.7. The maximum absolute atomic E-state index is 11.9. The third-order valence-corrected chi connectivity index (χ3v) is 6.44. The second kappa shape index (κ2) is 7.03. The summed E-state index contributed by atoms with van der Waals surface area (Å²) in [4.78, 5) is -0.398. The Kier molecular flexibility index (Phi) is 6.08. The molecule has 0 fully saturated rings. The van der Waals surface area contributed by atoms with Gasteiger partial charge in [-0.2, -0.15) is 8.42 Å². The Bertz CT molecular complexity index is 789. The number of hydrogen-bond donors (Lipinski definition) is 1. The molecule has 1 rings (SSSR count). The summed E-state index contributed by atoms with van der Waals surface area (Å²) < 4.78 is 51.5. The zero-order valence-corrected chi connectivity index (χ0v) is 14.8. The lowest BCUT2D eigenvalue weighted by molar-refractivity contribution is 0.338. The van der Waals surface area contributed by atoms with Gasteiger partial charge in [-0.05, 0) is 32.0 Å². The van der Waals surface area contributed by atoms with Gasteiger partial charge in [-0.1, -0.05) is 28.4 Å². The van der Waals surface area contributed by atoms with Gasteiger partial charge in [0.2, 0.25) is 0 Å². The van der Waals surface area contributed by atoms with Crippen molar-refractivity contribution in [3.8, 4) is 0 Å². The predicted molar refractivity (Wildman–Crippen MR) is 85.3 cm³/mol. The molecule has 0 saturated carbocycles. The minimum atomic E-state index is -4.36. The van der Waals surface area contributed by atoms with Gasteiger partial charge < -0.3 is 5.73 Å². The molecule has 0 bridgehead atoms. The molecule has 0 aliphatic rings. The Labute approximate surface area is 139 Å². The number of sulfone groups is 1. The molecule has 7 nitrogen and oxygen atoms in total. The second-order valence-corrected chi connectivity index (χ2v) is 9.44. The number of nitrogens with zero attached hydrogens (tertiary/aromatic N) is 1. The highest BCUT2D eigenvalue weighted by molar-refractivity contribution is 7.92. The van der Waals surface area contributed by atoms with Crippen LogP contribution in [0.3, 0.4) is 0 Å². The molecule has 11 heteroatoms. The van der Waals surface area contributed by atoms with Crippen LogP contribution in [0.2, 0.25) is 10.0 Å². The SMILES string of the molecule is CC(C)S(=O)(=O)C/C(N)=N/OS(=O)(=O)c1cc(Cl)ccc1Cl. The predicted octanol–water partition coefficient (Wildman–Crippen LogP) is 1.79. The molecule has 0 aromatic heterocycles. The fourth-order valence-corrected chi connectivity index (χ4v) is 3.49. The van der Waals surface area contributed by atoms with Gasteiger partial charge in [0, 0.05) is 5.02 Å². The molecule has 124 valence electrons. The smallest absolute Gasteiger partial charge is 0.360 e. The molecule has 0 amide bonds. The van der Waals surface area contributed by atoms with E-state index >= 15 is 0 Å². The summed E-state index contributed by atoms with van der Waals surface area (Å²) in [6.07, 6.45) is 0. The average molecular weight is 389 g/mol. The number of hydrogen-bond acceptors (Lipinski definition) is 6. The molecular formula is C11H14Cl2N2O5S2. The highest BCUT2D eigenvalue weighted by Crippen LogP contribution is 2.26. The average Bonchev–Trinajstić information content (AvgIpc) is 2.38. The van der Waals surface area contributed by atoms with E-state index < -0.39 is 41.7 Å². The number of amidine groups is 1. The van der Waals surface area contributed by atoms with E-state index in [0.29, 0.717) is 0 Å². The first-order valence-electron chi connectivity index (χ1n) is 5.88. The van der Waals surface area contributed by atoms with E-state index in [1.807, 2.05) is 0 Å². The van der Waals surface area contributed by atoms with Crippen molar-refractivity contribution < 1.29 is 21.1 Å². The number of oxime groups is 1. The second-order valence-electron chi connectivity index (χ2n) is 4.54. The van der Waals surface area contributed by atoms with Crippen LogP contribution in [-0.4, -0.2) is 33.7 Å². The third-order valence-electron chi connectivity index (χ3n) is 2.48. The molecule has 1 aromatic carbocycles. The number of benzene rings is 1. The summed E-state index contributed by atoms with van der Waals surface area (Å²) in [7, 11) is -7.89. The van der Waals surface area contributed by atoms with E-state index in [0.717, 1.165) is 6.07 Å². The van der Waals surface area contributed by atoms with Crippen molar-refractivity contribution in [2.24, 2.45) is 10.9 Å². The van der Waals surface area contributed by atoms with Gasteiger partial charge in [0.25, 0.3) is 0 Å². The highest BCUT2D eigenvalue weighted by atomic mass is 35.5. The summed E-state index contributed by atoms with van der Waals surface area (Å²) in [6, 6.07) is 3.75. The molecule has 0 aliphatic heterocycles. The van der Waals surface area contributed by atoms with Crippen LogP contribution in [0.5, 0.6) is 0 Å². The summed E-state index contributed by atoms with van der Waals surface area (Å²) in [5.74, 6) is -1.11. The van der Waals surface area contributed by atoms with Crippen molar-refractivity contribution in [1.82, 2.24) is 0 Å². The summed E-state index contributed by atoms with van der Waals surface area (Å²) >= 11 is 11.4. The van der Waals surface area contributed by atoms with Crippen LogP contribution >= 0.6 is 23.2 Å². The van der Waals surface area contributed by atoms with Crippen LogP contribution in [0.4, 0.5) is 0 Å².